The molecule has 0 amide bonds. The van der Waals surface area contributed by atoms with Crippen molar-refractivity contribution in [3.63, 3.8) is 0 Å². The van der Waals surface area contributed by atoms with Crippen LogP contribution in [0.4, 0.5) is 0 Å². The number of aliphatic imine (C=N–C) groups is 1. The standard InChI is InChI=1S/C21H24N2O4S/c1-27-17-8-5-9-18-19(17)20(23-28(18,25)26)22-14-21(12-10-16(24)11-13-21)15-6-3-2-4-7-15/h2-9,16,24H,10-14H2,1H3,(H,22,23). The van der Waals surface area contributed by atoms with Crippen LogP contribution in [0.2, 0.25) is 0 Å². The second kappa shape index (κ2) is 7.22. The smallest absolute Gasteiger partial charge is 0.263 e. The molecular formula is C21H24N2O4S. The third-order valence-corrected chi connectivity index (χ3v) is 7.18. The molecule has 1 aliphatic carbocycles. The molecule has 4 rings (SSSR count). The molecule has 0 saturated heterocycles. The predicted octanol–water partition coefficient (Wildman–Crippen LogP) is 2.61. The molecule has 28 heavy (non-hydrogen) atoms. The number of ether oxygens (including phenoxy) is 1. The van der Waals surface area contributed by atoms with Crippen molar-refractivity contribution in [1.82, 2.24) is 4.72 Å². The van der Waals surface area contributed by atoms with Crippen molar-refractivity contribution in [2.45, 2.75) is 42.1 Å². The Bertz CT molecular complexity index is 994. The van der Waals surface area contributed by atoms with E-state index in [1.54, 1.807) is 18.2 Å². The Morgan fingerprint density at radius 1 is 1.14 bits per heavy atom. The van der Waals surface area contributed by atoms with Crippen molar-refractivity contribution in [2.24, 2.45) is 4.99 Å². The molecule has 2 aromatic carbocycles. The molecule has 1 saturated carbocycles. The zero-order valence-corrected chi connectivity index (χ0v) is 16.6. The van der Waals surface area contributed by atoms with Gasteiger partial charge in [0.1, 0.15) is 16.5 Å². The van der Waals surface area contributed by atoms with Gasteiger partial charge in [0.25, 0.3) is 10.0 Å². The Kier molecular flexibility index (Phi) is 4.89. The van der Waals surface area contributed by atoms with E-state index >= 15 is 0 Å². The molecular weight excluding hydrogens is 376 g/mol. The SMILES string of the molecule is COc1cccc2c1C(=NCC1(c3ccccc3)CCC(O)CC1)NS2(=O)=O. The third kappa shape index (κ3) is 3.29. The van der Waals surface area contributed by atoms with Crippen molar-refractivity contribution in [1.29, 1.82) is 0 Å². The van der Waals surface area contributed by atoms with Crippen molar-refractivity contribution in [3.05, 3.63) is 59.7 Å². The van der Waals surface area contributed by atoms with Crippen LogP contribution in [0.5, 0.6) is 5.75 Å². The molecule has 0 unspecified atom stereocenters. The number of hydrogen-bond donors (Lipinski definition) is 2. The summed E-state index contributed by atoms with van der Waals surface area (Å²) in [6.07, 6.45) is 2.76. The summed E-state index contributed by atoms with van der Waals surface area (Å²) in [4.78, 5) is 4.92. The van der Waals surface area contributed by atoms with E-state index in [0.717, 1.165) is 12.8 Å². The van der Waals surface area contributed by atoms with Gasteiger partial charge in [0.15, 0.2) is 0 Å². The highest BCUT2D eigenvalue weighted by Crippen LogP contribution is 2.40. The summed E-state index contributed by atoms with van der Waals surface area (Å²) < 4.78 is 32.9. The first kappa shape index (κ1) is 19.0. The topological polar surface area (TPSA) is 88.0 Å². The van der Waals surface area contributed by atoms with Gasteiger partial charge in [0, 0.05) is 5.41 Å². The summed E-state index contributed by atoms with van der Waals surface area (Å²) >= 11 is 0. The highest BCUT2D eigenvalue weighted by molar-refractivity contribution is 7.90. The molecule has 0 atom stereocenters. The lowest BCUT2D eigenvalue weighted by molar-refractivity contribution is 0.0976. The normalized spacial score (nSPS) is 27.2. The lowest BCUT2D eigenvalue weighted by Gasteiger charge is -2.38. The molecule has 0 bridgehead atoms. The average Bonchev–Trinajstić information content (AvgIpc) is 2.99. The maximum Gasteiger partial charge on any atom is 0.263 e. The lowest BCUT2D eigenvalue weighted by atomic mass is 9.68. The van der Waals surface area contributed by atoms with Gasteiger partial charge in [-0.3, -0.25) is 9.71 Å². The molecule has 1 aliphatic heterocycles. The summed E-state index contributed by atoms with van der Waals surface area (Å²) in [5, 5.41) is 9.99. The summed E-state index contributed by atoms with van der Waals surface area (Å²) in [6.45, 7) is 0.444. The molecule has 1 fully saturated rings. The monoisotopic (exact) mass is 400 g/mol. The fourth-order valence-corrected chi connectivity index (χ4v) is 5.45. The van der Waals surface area contributed by atoms with E-state index in [1.165, 1.54) is 12.7 Å². The van der Waals surface area contributed by atoms with Gasteiger partial charge in [-0.25, -0.2) is 8.42 Å². The molecule has 0 radical (unpaired) electrons. The first-order chi connectivity index (χ1) is 13.5. The summed E-state index contributed by atoms with van der Waals surface area (Å²) in [5.74, 6) is 0.812. The number of nitrogens with one attached hydrogen (secondary N) is 1. The number of aliphatic hydroxyl groups is 1. The van der Waals surface area contributed by atoms with Crippen LogP contribution >= 0.6 is 0 Å². The van der Waals surface area contributed by atoms with E-state index in [9.17, 15) is 13.5 Å². The zero-order chi connectivity index (χ0) is 19.8. The van der Waals surface area contributed by atoms with Crippen molar-refractivity contribution < 1.29 is 18.3 Å². The number of benzene rings is 2. The van der Waals surface area contributed by atoms with E-state index in [-0.39, 0.29) is 16.4 Å². The van der Waals surface area contributed by atoms with E-state index in [4.69, 9.17) is 9.73 Å². The van der Waals surface area contributed by atoms with Crippen LogP contribution in [0.25, 0.3) is 0 Å². The Morgan fingerprint density at radius 3 is 2.54 bits per heavy atom. The van der Waals surface area contributed by atoms with Crippen molar-refractivity contribution >= 4 is 15.9 Å². The maximum absolute atomic E-state index is 12.5. The predicted molar refractivity (Wildman–Crippen MR) is 107 cm³/mol. The summed E-state index contributed by atoms with van der Waals surface area (Å²) in [6, 6.07) is 15.1. The third-order valence-electron chi connectivity index (χ3n) is 5.80. The number of nitrogens with zero attached hydrogens (tertiary/aromatic N) is 1. The molecule has 1 heterocycles. The minimum atomic E-state index is -3.63. The fourth-order valence-electron chi connectivity index (χ4n) is 4.20. The minimum Gasteiger partial charge on any atom is -0.496 e. The number of amidine groups is 1. The Labute approximate surface area is 165 Å². The highest BCUT2D eigenvalue weighted by Gasteiger charge is 2.38. The zero-order valence-electron chi connectivity index (χ0n) is 15.8. The van der Waals surface area contributed by atoms with Crippen LogP contribution < -0.4 is 9.46 Å². The number of aliphatic hydroxyl groups excluding tert-OH is 1. The van der Waals surface area contributed by atoms with Gasteiger partial charge >= 0.3 is 0 Å². The molecule has 2 aromatic rings. The Hall–Kier alpha value is -2.38. The van der Waals surface area contributed by atoms with E-state index in [2.05, 4.69) is 16.9 Å². The summed E-state index contributed by atoms with van der Waals surface area (Å²) in [7, 11) is -2.11. The van der Waals surface area contributed by atoms with Crippen LogP contribution in [0.15, 0.2) is 58.4 Å². The van der Waals surface area contributed by atoms with Crippen LogP contribution in [-0.4, -0.2) is 39.1 Å². The molecule has 6 nitrogen and oxygen atoms in total. The molecule has 0 aromatic heterocycles. The largest absolute Gasteiger partial charge is 0.496 e. The van der Waals surface area contributed by atoms with Crippen molar-refractivity contribution in [3.8, 4) is 5.75 Å². The number of fused-ring (bicyclic) bond motifs is 1. The molecule has 148 valence electrons. The minimum absolute atomic E-state index is 0.193. The second-order valence-corrected chi connectivity index (χ2v) is 9.13. The molecule has 2 aliphatic rings. The van der Waals surface area contributed by atoms with Gasteiger partial charge in [0.05, 0.1) is 25.3 Å². The molecule has 0 spiro atoms. The first-order valence-electron chi connectivity index (χ1n) is 9.43. The van der Waals surface area contributed by atoms with Gasteiger partial charge in [-0.05, 0) is 43.4 Å². The average molecular weight is 401 g/mol. The van der Waals surface area contributed by atoms with Gasteiger partial charge < -0.3 is 9.84 Å². The number of rotatable bonds is 4. The number of methoxy groups -OCH3 is 1. The van der Waals surface area contributed by atoms with Gasteiger partial charge in [-0.1, -0.05) is 36.4 Å². The van der Waals surface area contributed by atoms with Gasteiger partial charge in [-0.15, -0.1) is 0 Å². The number of hydrogen-bond acceptors (Lipinski definition) is 5. The highest BCUT2D eigenvalue weighted by atomic mass is 32.2. The fraction of sp³-hybridized carbons (Fsp3) is 0.381. The van der Waals surface area contributed by atoms with Gasteiger partial charge in [-0.2, -0.15) is 0 Å². The van der Waals surface area contributed by atoms with Crippen LogP contribution in [0, 0.1) is 0 Å². The first-order valence-corrected chi connectivity index (χ1v) is 10.9. The molecule has 2 N–H and O–H groups in total. The van der Waals surface area contributed by atoms with Crippen LogP contribution in [-0.2, 0) is 15.4 Å². The molecule has 7 heteroatoms. The van der Waals surface area contributed by atoms with E-state index in [0.29, 0.717) is 36.5 Å². The van der Waals surface area contributed by atoms with E-state index in [1.807, 2.05) is 18.2 Å². The van der Waals surface area contributed by atoms with Crippen LogP contribution in [0.3, 0.4) is 0 Å². The summed E-state index contributed by atoms with van der Waals surface area (Å²) in [5.41, 5.74) is 1.44. The lowest BCUT2D eigenvalue weighted by Crippen LogP contribution is -2.37. The quantitative estimate of drug-likeness (QED) is 0.826. The van der Waals surface area contributed by atoms with E-state index < -0.39 is 10.0 Å². The Balaban J connectivity index is 1.73. The Morgan fingerprint density at radius 2 is 1.86 bits per heavy atom. The maximum atomic E-state index is 12.5. The second-order valence-electron chi connectivity index (χ2n) is 7.48. The van der Waals surface area contributed by atoms with Crippen LogP contribution in [0.1, 0.15) is 36.8 Å². The number of sulfonamides is 1. The van der Waals surface area contributed by atoms with Gasteiger partial charge in [0.2, 0.25) is 0 Å². The van der Waals surface area contributed by atoms with Crippen molar-refractivity contribution in [2.75, 3.05) is 13.7 Å².